The van der Waals surface area contributed by atoms with Crippen LogP contribution in [0.1, 0.15) is 33.6 Å². The molecular formula is C17H18N2O3S. The molecule has 3 rings (SSSR count). The number of esters is 1. The zero-order valence-corrected chi connectivity index (χ0v) is 13.4. The Balaban J connectivity index is 1.64. The second-order valence-corrected chi connectivity index (χ2v) is 6.18. The maximum absolute atomic E-state index is 12.2. The van der Waals surface area contributed by atoms with E-state index < -0.39 is 0 Å². The summed E-state index contributed by atoms with van der Waals surface area (Å²) in [5.41, 5.74) is 1.64. The van der Waals surface area contributed by atoms with Crippen LogP contribution in [-0.2, 0) is 4.74 Å². The van der Waals surface area contributed by atoms with E-state index in [1.165, 1.54) is 11.3 Å². The number of amides is 1. The highest BCUT2D eigenvalue weighted by atomic mass is 32.1. The highest BCUT2D eigenvalue weighted by Gasteiger charge is 2.18. The van der Waals surface area contributed by atoms with Crippen LogP contribution in [0.25, 0.3) is 0 Å². The molecule has 0 unspecified atom stereocenters. The Kier molecular flexibility index (Phi) is 5.05. The topological polar surface area (TPSA) is 67.4 Å². The Morgan fingerprint density at radius 2 is 2.00 bits per heavy atom. The Morgan fingerprint density at radius 3 is 2.74 bits per heavy atom. The van der Waals surface area contributed by atoms with Crippen LogP contribution < -0.4 is 10.6 Å². The molecule has 1 aromatic carbocycles. The summed E-state index contributed by atoms with van der Waals surface area (Å²) >= 11 is 1.47. The highest BCUT2D eigenvalue weighted by molar-refractivity contribution is 7.08. The molecule has 0 spiro atoms. The van der Waals surface area contributed by atoms with Crippen molar-refractivity contribution in [3.63, 3.8) is 0 Å². The zero-order valence-electron chi connectivity index (χ0n) is 12.6. The van der Waals surface area contributed by atoms with Gasteiger partial charge in [0.05, 0.1) is 11.1 Å². The average molecular weight is 330 g/mol. The van der Waals surface area contributed by atoms with Gasteiger partial charge >= 0.3 is 5.97 Å². The van der Waals surface area contributed by atoms with Crippen LogP contribution >= 0.6 is 11.3 Å². The number of hydrogen-bond donors (Lipinski definition) is 2. The van der Waals surface area contributed by atoms with Crippen molar-refractivity contribution in [3.8, 4) is 0 Å². The third-order valence-corrected chi connectivity index (χ3v) is 4.38. The van der Waals surface area contributed by atoms with Gasteiger partial charge in [0.1, 0.15) is 6.10 Å². The molecule has 1 aliphatic heterocycles. The van der Waals surface area contributed by atoms with Crippen LogP contribution in [0.15, 0.2) is 41.1 Å². The molecule has 1 fully saturated rings. The molecule has 1 aliphatic rings. The van der Waals surface area contributed by atoms with E-state index in [1.807, 2.05) is 5.38 Å². The average Bonchev–Trinajstić information content (AvgIpc) is 3.11. The molecule has 6 heteroatoms. The minimum absolute atomic E-state index is 0.0344. The van der Waals surface area contributed by atoms with Gasteiger partial charge in [0, 0.05) is 11.1 Å². The molecular weight excluding hydrogens is 312 g/mol. The van der Waals surface area contributed by atoms with Crippen LogP contribution in [0.4, 0.5) is 5.69 Å². The molecule has 0 radical (unpaired) electrons. The summed E-state index contributed by atoms with van der Waals surface area (Å²) in [6.07, 6.45) is 1.63. The number of anilines is 1. The monoisotopic (exact) mass is 330 g/mol. The number of rotatable bonds is 4. The predicted molar refractivity (Wildman–Crippen MR) is 90.0 cm³/mol. The SMILES string of the molecule is O=C(Nc1cccc(C(=O)OC2CCNCC2)c1)c1ccsc1. The second-order valence-electron chi connectivity index (χ2n) is 5.40. The van der Waals surface area contributed by atoms with E-state index in [9.17, 15) is 9.59 Å². The van der Waals surface area contributed by atoms with E-state index in [4.69, 9.17) is 4.74 Å². The first-order chi connectivity index (χ1) is 11.2. The summed E-state index contributed by atoms with van der Waals surface area (Å²) in [4.78, 5) is 24.3. The van der Waals surface area contributed by atoms with Crippen molar-refractivity contribution >= 4 is 28.9 Å². The lowest BCUT2D eigenvalue weighted by molar-refractivity contribution is 0.0229. The molecule has 2 aromatic rings. The molecule has 1 amide bonds. The van der Waals surface area contributed by atoms with Crippen molar-refractivity contribution < 1.29 is 14.3 Å². The minimum Gasteiger partial charge on any atom is -0.459 e. The van der Waals surface area contributed by atoms with Gasteiger partial charge < -0.3 is 15.4 Å². The molecule has 0 bridgehead atoms. The fraction of sp³-hybridized carbons (Fsp3) is 0.294. The summed E-state index contributed by atoms with van der Waals surface area (Å²) in [5, 5.41) is 9.66. The molecule has 2 heterocycles. The third kappa shape index (κ3) is 4.18. The van der Waals surface area contributed by atoms with E-state index in [1.54, 1.807) is 35.7 Å². The number of carbonyl (C=O) groups is 2. The standard InChI is InChI=1S/C17H18N2O3S/c20-16(13-6-9-23-11-13)19-14-3-1-2-12(10-14)17(21)22-15-4-7-18-8-5-15/h1-3,6,9-11,15,18H,4-5,7-8H2,(H,19,20). The molecule has 1 saturated heterocycles. The number of piperidine rings is 1. The molecule has 120 valence electrons. The Morgan fingerprint density at radius 1 is 1.17 bits per heavy atom. The first-order valence-corrected chi connectivity index (χ1v) is 8.52. The van der Waals surface area contributed by atoms with Crippen LogP contribution in [-0.4, -0.2) is 31.1 Å². The molecule has 0 aliphatic carbocycles. The molecule has 2 N–H and O–H groups in total. The van der Waals surface area contributed by atoms with Crippen molar-refractivity contribution in [2.75, 3.05) is 18.4 Å². The molecule has 1 aromatic heterocycles. The van der Waals surface area contributed by atoms with Crippen LogP contribution in [0.5, 0.6) is 0 Å². The third-order valence-electron chi connectivity index (χ3n) is 3.70. The van der Waals surface area contributed by atoms with Crippen molar-refractivity contribution in [2.24, 2.45) is 0 Å². The Labute approximate surface area is 138 Å². The van der Waals surface area contributed by atoms with Gasteiger partial charge in [0.15, 0.2) is 0 Å². The molecule has 0 atom stereocenters. The maximum atomic E-state index is 12.2. The second kappa shape index (κ2) is 7.39. The zero-order chi connectivity index (χ0) is 16.1. The first kappa shape index (κ1) is 15.7. The van der Waals surface area contributed by atoms with Crippen LogP contribution in [0.3, 0.4) is 0 Å². The van der Waals surface area contributed by atoms with Gasteiger partial charge in [-0.1, -0.05) is 6.07 Å². The fourth-order valence-electron chi connectivity index (χ4n) is 2.45. The number of benzene rings is 1. The number of nitrogens with one attached hydrogen (secondary N) is 2. The summed E-state index contributed by atoms with van der Waals surface area (Å²) in [6, 6.07) is 8.60. The number of hydrogen-bond acceptors (Lipinski definition) is 5. The summed E-state index contributed by atoms with van der Waals surface area (Å²) < 4.78 is 5.52. The Bertz CT molecular complexity index is 679. The minimum atomic E-state index is -0.344. The fourth-order valence-corrected chi connectivity index (χ4v) is 3.09. The van der Waals surface area contributed by atoms with Crippen molar-refractivity contribution in [1.29, 1.82) is 0 Å². The summed E-state index contributed by atoms with van der Waals surface area (Å²) in [5.74, 6) is -0.529. The van der Waals surface area contributed by atoms with Gasteiger partial charge in [-0.25, -0.2) is 4.79 Å². The van der Waals surface area contributed by atoms with E-state index >= 15 is 0 Å². The van der Waals surface area contributed by atoms with Crippen molar-refractivity contribution in [3.05, 3.63) is 52.2 Å². The molecule has 23 heavy (non-hydrogen) atoms. The van der Waals surface area contributed by atoms with Crippen LogP contribution in [0, 0.1) is 0 Å². The lowest BCUT2D eigenvalue weighted by atomic mass is 10.1. The van der Waals surface area contributed by atoms with Gasteiger partial charge in [0.25, 0.3) is 5.91 Å². The highest BCUT2D eigenvalue weighted by Crippen LogP contribution is 2.16. The van der Waals surface area contributed by atoms with E-state index in [0.717, 1.165) is 25.9 Å². The number of ether oxygens (including phenoxy) is 1. The Hall–Kier alpha value is -2.18. The maximum Gasteiger partial charge on any atom is 0.338 e. The predicted octanol–water partition coefficient (Wildman–Crippen LogP) is 2.91. The van der Waals surface area contributed by atoms with Crippen molar-refractivity contribution in [2.45, 2.75) is 18.9 Å². The van der Waals surface area contributed by atoms with Gasteiger partial charge in [0.2, 0.25) is 0 Å². The normalized spacial score (nSPS) is 15.1. The van der Waals surface area contributed by atoms with Crippen molar-refractivity contribution in [1.82, 2.24) is 5.32 Å². The molecule has 0 saturated carbocycles. The number of thiophene rings is 1. The van der Waals surface area contributed by atoms with E-state index in [2.05, 4.69) is 10.6 Å². The quantitative estimate of drug-likeness (QED) is 0.846. The number of carbonyl (C=O) groups excluding carboxylic acids is 2. The largest absolute Gasteiger partial charge is 0.459 e. The van der Waals surface area contributed by atoms with Gasteiger partial charge in [-0.2, -0.15) is 11.3 Å². The van der Waals surface area contributed by atoms with Crippen LogP contribution in [0.2, 0.25) is 0 Å². The van der Waals surface area contributed by atoms with E-state index in [-0.39, 0.29) is 18.0 Å². The van der Waals surface area contributed by atoms with Gasteiger partial charge in [-0.05, 0) is 55.6 Å². The summed E-state index contributed by atoms with van der Waals surface area (Å²) in [7, 11) is 0. The smallest absolute Gasteiger partial charge is 0.338 e. The van der Waals surface area contributed by atoms with E-state index in [0.29, 0.717) is 16.8 Å². The van der Waals surface area contributed by atoms with Gasteiger partial charge in [-0.15, -0.1) is 0 Å². The molecule has 5 nitrogen and oxygen atoms in total. The van der Waals surface area contributed by atoms with Gasteiger partial charge in [-0.3, -0.25) is 4.79 Å². The lowest BCUT2D eigenvalue weighted by Gasteiger charge is -2.22. The lowest BCUT2D eigenvalue weighted by Crippen LogP contribution is -2.33. The first-order valence-electron chi connectivity index (χ1n) is 7.58. The summed E-state index contributed by atoms with van der Waals surface area (Å²) in [6.45, 7) is 1.74.